The maximum Gasteiger partial charge on any atom is 0.258 e. The average molecular weight is 341 g/mol. The van der Waals surface area contributed by atoms with Gasteiger partial charge in [-0.1, -0.05) is 24.3 Å². The zero-order valence-corrected chi connectivity index (χ0v) is 14.0. The number of methoxy groups -OCH3 is 1. The van der Waals surface area contributed by atoms with Crippen LogP contribution in [-0.4, -0.2) is 34.4 Å². The molecule has 0 radical (unpaired) electrons. The second-order valence-corrected chi connectivity index (χ2v) is 5.55. The maximum absolute atomic E-state index is 12.2. The molecule has 0 aliphatic carbocycles. The van der Waals surface area contributed by atoms with Gasteiger partial charge in [-0.3, -0.25) is 9.48 Å². The summed E-state index contributed by atoms with van der Waals surface area (Å²) < 4.78 is 11.9. The molecule has 0 spiro atoms. The van der Waals surface area contributed by atoms with E-state index in [2.05, 4.69) is 10.4 Å². The zero-order chi connectivity index (χ0) is 17.8. The molecule has 3 rings (SSSR count). The van der Waals surface area contributed by atoms with Gasteiger partial charge in [-0.2, -0.15) is 0 Å². The first-order valence-corrected chi connectivity index (χ1v) is 7.76. The second-order valence-electron chi connectivity index (χ2n) is 5.55. The first kappa shape index (κ1) is 16.8. The monoisotopic (exact) mass is 341 g/mol. The Morgan fingerprint density at radius 3 is 2.76 bits per heavy atom. The van der Waals surface area contributed by atoms with Gasteiger partial charge in [0.2, 0.25) is 5.88 Å². The Morgan fingerprint density at radius 2 is 2.12 bits per heavy atom. The normalized spacial score (nSPS) is 12.0. The van der Waals surface area contributed by atoms with Gasteiger partial charge >= 0.3 is 0 Å². The maximum atomic E-state index is 12.2. The van der Waals surface area contributed by atoms with Crippen LogP contribution >= 0.6 is 0 Å². The number of rotatable bonds is 6. The number of benzene rings is 1. The minimum absolute atomic E-state index is 0.0803. The molecule has 2 aromatic heterocycles. The zero-order valence-electron chi connectivity index (χ0n) is 14.0. The summed E-state index contributed by atoms with van der Waals surface area (Å²) in [7, 11) is 3.16. The van der Waals surface area contributed by atoms with E-state index in [9.17, 15) is 9.90 Å². The highest BCUT2D eigenvalue weighted by molar-refractivity contribution is 5.96. The first-order chi connectivity index (χ1) is 12.1. The van der Waals surface area contributed by atoms with Crippen molar-refractivity contribution in [1.82, 2.24) is 15.1 Å². The Bertz CT molecular complexity index is 838. The summed E-state index contributed by atoms with van der Waals surface area (Å²) in [4.78, 5) is 12.2. The number of hydrogen-bond acceptors (Lipinski definition) is 5. The number of carbonyl (C=O) groups excluding carboxylic acids is 1. The van der Waals surface area contributed by atoms with Crippen LogP contribution in [0.2, 0.25) is 0 Å². The van der Waals surface area contributed by atoms with Crippen molar-refractivity contribution in [3.63, 3.8) is 0 Å². The van der Waals surface area contributed by atoms with Crippen LogP contribution in [-0.2, 0) is 7.05 Å². The summed E-state index contributed by atoms with van der Waals surface area (Å²) >= 11 is 0. The Hall–Kier alpha value is -3.06. The largest absolute Gasteiger partial charge is 0.479 e. The third-order valence-electron chi connectivity index (χ3n) is 3.79. The number of furan rings is 1. The van der Waals surface area contributed by atoms with Gasteiger partial charge in [0.25, 0.3) is 5.91 Å². The Morgan fingerprint density at radius 1 is 1.36 bits per heavy atom. The SMILES string of the molecule is COc1nn(C)cc1C(=O)NC[C@H](O)c1ccc(-c2ccco2)cc1. The molecule has 25 heavy (non-hydrogen) atoms. The van der Waals surface area contributed by atoms with E-state index in [0.717, 1.165) is 11.3 Å². The molecule has 1 amide bonds. The van der Waals surface area contributed by atoms with Gasteiger partial charge in [-0.25, -0.2) is 0 Å². The molecule has 7 nitrogen and oxygen atoms in total. The van der Waals surface area contributed by atoms with Crippen LogP contribution in [0, 0.1) is 0 Å². The number of amides is 1. The van der Waals surface area contributed by atoms with Crippen molar-refractivity contribution in [3.8, 4) is 17.2 Å². The molecular formula is C18H19N3O4. The molecule has 3 aromatic rings. The molecule has 0 bridgehead atoms. The van der Waals surface area contributed by atoms with Crippen LogP contribution in [0.1, 0.15) is 22.0 Å². The number of aryl methyl sites for hydroxylation is 1. The van der Waals surface area contributed by atoms with Crippen molar-refractivity contribution in [2.75, 3.05) is 13.7 Å². The third kappa shape index (κ3) is 3.72. The number of aliphatic hydroxyl groups excluding tert-OH is 1. The number of aromatic nitrogens is 2. The van der Waals surface area contributed by atoms with E-state index in [4.69, 9.17) is 9.15 Å². The highest BCUT2D eigenvalue weighted by Gasteiger charge is 2.17. The smallest absolute Gasteiger partial charge is 0.258 e. The summed E-state index contributed by atoms with van der Waals surface area (Å²) in [6.45, 7) is 0.0803. The highest BCUT2D eigenvalue weighted by Crippen LogP contribution is 2.22. The van der Waals surface area contributed by atoms with E-state index in [1.807, 2.05) is 24.3 Å². The predicted molar refractivity (Wildman–Crippen MR) is 91.2 cm³/mol. The second kappa shape index (κ2) is 7.23. The number of nitrogens with zero attached hydrogens (tertiary/aromatic N) is 2. The van der Waals surface area contributed by atoms with Gasteiger partial charge < -0.3 is 19.6 Å². The fraction of sp³-hybridized carbons (Fsp3) is 0.222. The van der Waals surface area contributed by atoms with Crippen molar-refractivity contribution < 1.29 is 19.1 Å². The van der Waals surface area contributed by atoms with E-state index < -0.39 is 6.10 Å². The summed E-state index contributed by atoms with van der Waals surface area (Å²) in [5.74, 6) is 0.659. The van der Waals surface area contributed by atoms with Crippen LogP contribution in [0.25, 0.3) is 11.3 Å². The summed E-state index contributed by atoms with van der Waals surface area (Å²) in [5.41, 5.74) is 1.95. The van der Waals surface area contributed by atoms with Crippen molar-refractivity contribution in [2.45, 2.75) is 6.10 Å². The number of carbonyl (C=O) groups is 1. The van der Waals surface area contributed by atoms with Gasteiger partial charge in [0.15, 0.2) is 0 Å². The van der Waals surface area contributed by atoms with Crippen LogP contribution in [0.5, 0.6) is 5.88 Å². The number of aliphatic hydroxyl groups is 1. The lowest BCUT2D eigenvalue weighted by Gasteiger charge is -2.12. The molecule has 0 unspecified atom stereocenters. The third-order valence-corrected chi connectivity index (χ3v) is 3.79. The lowest BCUT2D eigenvalue weighted by Crippen LogP contribution is -2.28. The summed E-state index contributed by atoms with van der Waals surface area (Å²) in [5, 5.41) is 17.0. The quantitative estimate of drug-likeness (QED) is 0.717. The molecule has 0 saturated heterocycles. The van der Waals surface area contributed by atoms with Gasteiger partial charge in [0, 0.05) is 25.4 Å². The standard InChI is InChI=1S/C18H19N3O4/c1-21-11-14(18(20-21)24-2)17(23)19-10-15(22)12-5-7-13(8-6-12)16-4-3-9-25-16/h3-9,11,15,22H,10H2,1-2H3,(H,19,23)/t15-/m0/s1. The summed E-state index contributed by atoms with van der Waals surface area (Å²) in [6.07, 6.45) is 2.36. The lowest BCUT2D eigenvalue weighted by molar-refractivity contribution is 0.0913. The molecule has 0 saturated carbocycles. The molecule has 0 aliphatic rings. The molecule has 1 aromatic carbocycles. The Balaban J connectivity index is 1.62. The van der Waals surface area contributed by atoms with Gasteiger partial charge in [-0.15, -0.1) is 5.10 Å². The van der Waals surface area contributed by atoms with Crippen molar-refractivity contribution in [2.24, 2.45) is 7.05 Å². The van der Waals surface area contributed by atoms with Crippen molar-refractivity contribution in [3.05, 3.63) is 60.0 Å². The van der Waals surface area contributed by atoms with Crippen LogP contribution in [0.3, 0.4) is 0 Å². The van der Waals surface area contributed by atoms with E-state index in [0.29, 0.717) is 11.1 Å². The molecule has 0 fully saturated rings. The van der Waals surface area contributed by atoms with Crippen LogP contribution in [0.4, 0.5) is 0 Å². The average Bonchev–Trinajstić information content (AvgIpc) is 3.29. The Kier molecular flexibility index (Phi) is 4.85. The first-order valence-electron chi connectivity index (χ1n) is 7.76. The minimum Gasteiger partial charge on any atom is -0.479 e. The molecule has 7 heteroatoms. The van der Waals surface area contributed by atoms with E-state index in [1.54, 1.807) is 31.6 Å². The molecule has 0 aliphatic heterocycles. The van der Waals surface area contributed by atoms with E-state index in [-0.39, 0.29) is 18.3 Å². The number of nitrogens with one attached hydrogen (secondary N) is 1. The van der Waals surface area contributed by atoms with E-state index >= 15 is 0 Å². The van der Waals surface area contributed by atoms with E-state index in [1.165, 1.54) is 11.8 Å². The molecular weight excluding hydrogens is 322 g/mol. The van der Waals surface area contributed by atoms with Crippen LogP contribution in [0.15, 0.2) is 53.3 Å². The van der Waals surface area contributed by atoms with Gasteiger partial charge in [-0.05, 0) is 17.7 Å². The molecule has 2 N–H and O–H groups in total. The van der Waals surface area contributed by atoms with Gasteiger partial charge in [0.05, 0.1) is 19.5 Å². The van der Waals surface area contributed by atoms with Gasteiger partial charge in [0.1, 0.15) is 11.3 Å². The summed E-state index contributed by atoms with van der Waals surface area (Å²) in [6, 6.07) is 11.0. The fourth-order valence-corrected chi connectivity index (χ4v) is 2.49. The minimum atomic E-state index is -0.822. The van der Waals surface area contributed by atoms with Crippen molar-refractivity contribution in [1.29, 1.82) is 0 Å². The lowest BCUT2D eigenvalue weighted by atomic mass is 10.1. The molecule has 130 valence electrons. The predicted octanol–water partition coefficient (Wildman–Crippen LogP) is 2.15. The fourth-order valence-electron chi connectivity index (χ4n) is 2.49. The number of hydrogen-bond donors (Lipinski definition) is 2. The van der Waals surface area contributed by atoms with Crippen molar-refractivity contribution >= 4 is 5.91 Å². The Labute approximate surface area is 144 Å². The molecule has 1 atom stereocenters. The highest BCUT2D eigenvalue weighted by atomic mass is 16.5. The molecule has 2 heterocycles. The topological polar surface area (TPSA) is 89.5 Å². The number of ether oxygens (including phenoxy) is 1. The van der Waals surface area contributed by atoms with Crippen LogP contribution < -0.4 is 10.1 Å².